The lowest BCUT2D eigenvalue weighted by Gasteiger charge is -2.21. The van der Waals surface area contributed by atoms with Crippen molar-refractivity contribution in [2.45, 2.75) is 6.92 Å². The number of nitrogens with one attached hydrogen (secondary N) is 1. The van der Waals surface area contributed by atoms with Gasteiger partial charge in [0.15, 0.2) is 0 Å². The van der Waals surface area contributed by atoms with Crippen molar-refractivity contribution in [2.75, 3.05) is 19.5 Å². The van der Waals surface area contributed by atoms with E-state index in [1.807, 2.05) is 0 Å². The Balaban J connectivity index is 2.66. The van der Waals surface area contributed by atoms with Gasteiger partial charge in [0.25, 0.3) is 0 Å². The molecular formula is C14H13NO5. The molecule has 1 aliphatic carbocycles. The molecule has 0 bridgehead atoms. The van der Waals surface area contributed by atoms with E-state index in [2.05, 4.69) is 5.32 Å². The maximum atomic E-state index is 12.4. The number of carbonyl (C=O) groups is 3. The summed E-state index contributed by atoms with van der Waals surface area (Å²) in [5.41, 5.74) is 0.572. The normalized spacial score (nSPS) is 13.9. The van der Waals surface area contributed by atoms with Crippen LogP contribution in [0.2, 0.25) is 0 Å². The van der Waals surface area contributed by atoms with Crippen LogP contribution in [0.25, 0.3) is 0 Å². The molecule has 0 spiro atoms. The van der Waals surface area contributed by atoms with E-state index in [0.717, 1.165) is 0 Å². The molecule has 1 aliphatic rings. The summed E-state index contributed by atoms with van der Waals surface area (Å²) < 4.78 is 9.92. The van der Waals surface area contributed by atoms with Crippen LogP contribution in [0.3, 0.4) is 0 Å². The van der Waals surface area contributed by atoms with Gasteiger partial charge in [-0.2, -0.15) is 0 Å². The van der Waals surface area contributed by atoms with Gasteiger partial charge in [-0.05, 0) is 6.07 Å². The van der Waals surface area contributed by atoms with E-state index in [0.29, 0.717) is 0 Å². The molecule has 1 aromatic rings. The van der Waals surface area contributed by atoms with E-state index < -0.39 is 11.6 Å². The van der Waals surface area contributed by atoms with E-state index in [1.165, 1.54) is 27.2 Å². The largest absolute Gasteiger partial charge is 0.489 e. The second-order valence-electron chi connectivity index (χ2n) is 4.13. The van der Waals surface area contributed by atoms with Gasteiger partial charge in [0.1, 0.15) is 0 Å². The molecule has 0 aliphatic heterocycles. The van der Waals surface area contributed by atoms with Gasteiger partial charge in [-0.3, -0.25) is 14.4 Å². The number of Topliss-reactive ketones (excluding diaryl/α,β-unsaturated/α-hetero) is 2. The lowest BCUT2D eigenvalue weighted by atomic mass is 9.90. The standard InChI is InChI=1S/C14H13NO5/c1-7(16)15-9-6-4-5-8-10(9)12(18)14(20-3)13(19-2)11(8)17/h4-6H,1-3H3,(H,15,16). The summed E-state index contributed by atoms with van der Waals surface area (Å²) in [4.78, 5) is 35.9. The van der Waals surface area contributed by atoms with Crippen molar-refractivity contribution in [3.63, 3.8) is 0 Å². The van der Waals surface area contributed by atoms with Gasteiger partial charge >= 0.3 is 0 Å². The number of fused-ring (bicyclic) bond motifs is 1. The van der Waals surface area contributed by atoms with Crippen molar-refractivity contribution >= 4 is 23.2 Å². The molecule has 0 unspecified atom stereocenters. The Morgan fingerprint density at radius 3 is 2.20 bits per heavy atom. The summed E-state index contributed by atoms with van der Waals surface area (Å²) in [6.07, 6.45) is 0. The number of ketones is 2. The van der Waals surface area contributed by atoms with E-state index in [4.69, 9.17) is 9.47 Å². The number of benzene rings is 1. The molecule has 2 rings (SSSR count). The van der Waals surface area contributed by atoms with Crippen molar-refractivity contribution < 1.29 is 23.9 Å². The first-order valence-electron chi connectivity index (χ1n) is 5.83. The zero-order valence-corrected chi connectivity index (χ0v) is 11.3. The van der Waals surface area contributed by atoms with Crippen LogP contribution in [0, 0.1) is 0 Å². The predicted octanol–water partition coefficient (Wildman–Crippen LogP) is 1.53. The molecule has 0 heterocycles. The van der Waals surface area contributed by atoms with Gasteiger partial charge in [-0.15, -0.1) is 0 Å². The molecule has 6 heteroatoms. The summed E-state index contributed by atoms with van der Waals surface area (Å²) in [6.45, 7) is 1.32. The molecule has 0 atom stereocenters. The highest BCUT2D eigenvalue weighted by Gasteiger charge is 2.36. The Morgan fingerprint density at radius 1 is 1.05 bits per heavy atom. The van der Waals surface area contributed by atoms with Crippen LogP contribution in [0.4, 0.5) is 5.69 Å². The lowest BCUT2D eigenvalue weighted by molar-refractivity contribution is -0.114. The fourth-order valence-electron chi connectivity index (χ4n) is 2.09. The number of anilines is 1. The summed E-state index contributed by atoms with van der Waals surface area (Å²) in [5.74, 6) is -1.58. The van der Waals surface area contributed by atoms with E-state index in [9.17, 15) is 14.4 Å². The highest BCUT2D eigenvalue weighted by molar-refractivity contribution is 6.27. The van der Waals surface area contributed by atoms with Crippen LogP contribution in [-0.4, -0.2) is 31.7 Å². The maximum Gasteiger partial charge on any atom is 0.234 e. The molecule has 0 aromatic heterocycles. The number of rotatable bonds is 3. The average Bonchev–Trinajstić information content (AvgIpc) is 2.41. The molecule has 0 saturated carbocycles. The molecule has 1 N–H and O–H groups in total. The van der Waals surface area contributed by atoms with Crippen LogP contribution in [0.1, 0.15) is 27.6 Å². The minimum Gasteiger partial charge on any atom is -0.489 e. The average molecular weight is 275 g/mol. The molecule has 0 fully saturated rings. The molecule has 20 heavy (non-hydrogen) atoms. The number of methoxy groups -OCH3 is 2. The molecule has 0 saturated heterocycles. The number of carbonyl (C=O) groups excluding carboxylic acids is 3. The van der Waals surface area contributed by atoms with Crippen molar-refractivity contribution in [1.29, 1.82) is 0 Å². The number of ether oxygens (including phenoxy) is 2. The SMILES string of the molecule is COC1=C(OC)C(=O)c2c(NC(C)=O)cccc2C1=O. The first kappa shape index (κ1) is 13.8. The third-order valence-corrected chi connectivity index (χ3v) is 2.87. The van der Waals surface area contributed by atoms with Gasteiger partial charge in [0, 0.05) is 12.5 Å². The lowest BCUT2D eigenvalue weighted by Crippen LogP contribution is -2.25. The van der Waals surface area contributed by atoms with E-state index in [-0.39, 0.29) is 34.2 Å². The molecule has 1 amide bonds. The van der Waals surface area contributed by atoms with Crippen LogP contribution in [0.15, 0.2) is 29.7 Å². The van der Waals surface area contributed by atoms with Gasteiger partial charge < -0.3 is 14.8 Å². The Hall–Kier alpha value is -2.63. The maximum absolute atomic E-state index is 12.4. The van der Waals surface area contributed by atoms with Crippen molar-refractivity contribution in [2.24, 2.45) is 0 Å². The van der Waals surface area contributed by atoms with Crippen molar-refractivity contribution in [3.05, 3.63) is 40.8 Å². The highest BCUT2D eigenvalue weighted by Crippen LogP contribution is 2.31. The van der Waals surface area contributed by atoms with E-state index in [1.54, 1.807) is 12.1 Å². The molecule has 104 valence electrons. The summed E-state index contributed by atoms with van der Waals surface area (Å²) in [7, 11) is 2.58. The minimum atomic E-state index is -0.497. The van der Waals surface area contributed by atoms with Crippen LogP contribution < -0.4 is 5.32 Å². The fourth-order valence-corrected chi connectivity index (χ4v) is 2.09. The fraction of sp³-hybridized carbons (Fsp3) is 0.214. The topological polar surface area (TPSA) is 81.7 Å². The van der Waals surface area contributed by atoms with Crippen LogP contribution in [-0.2, 0) is 14.3 Å². The minimum absolute atomic E-state index is 0.116. The summed E-state index contributed by atoms with van der Waals surface area (Å²) >= 11 is 0. The number of hydrogen-bond acceptors (Lipinski definition) is 5. The second-order valence-corrected chi connectivity index (χ2v) is 4.13. The zero-order chi connectivity index (χ0) is 14.9. The molecule has 6 nitrogen and oxygen atoms in total. The van der Waals surface area contributed by atoms with Crippen molar-refractivity contribution in [3.8, 4) is 0 Å². The predicted molar refractivity (Wildman–Crippen MR) is 70.5 cm³/mol. The third kappa shape index (κ3) is 2.05. The number of allylic oxidation sites excluding steroid dienone is 2. The Labute approximate surface area is 115 Å². The molecular weight excluding hydrogens is 262 g/mol. The zero-order valence-electron chi connectivity index (χ0n) is 11.3. The van der Waals surface area contributed by atoms with Crippen LogP contribution in [0.5, 0.6) is 0 Å². The summed E-state index contributed by atoms with van der Waals surface area (Å²) in [6, 6.07) is 4.64. The van der Waals surface area contributed by atoms with Gasteiger partial charge in [0.05, 0.1) is 25.5 Å². The molecule has 0 radical (unpaired) electrons. The quantitative estimate of drug-likeness (QED) is 0.904. The first-order valence-corrected chi connectivity index (χ1v) is 5.83. The molecule has 1 aromatic carbocycles. The highest BCUT2D eigenvalue weighted by atomic mass is 16.5. The van der Waals surface area contributed by atoms with Crippen LogP contribution >= 0.6 is 0 Å². The smallest absolute Gasteiger partial charge is 0.234 e. The second kappa shape index (κ2) is 5.16. The Morgan fingerprint density at radius 2 is 1.65 bits per heavy atom. The van der Waals surface area contributed by atoms with Gasteiger partial charge in [0.2, 0.25) is 29.0 Å². The Kier molecular flexibility index (Phi) is 3.56. The third-order valence-electron chi connectivity index (χ3n) is 2.87. The van der Waals surface area contributed by atoms with Gasteiger partial charge in [-0.1, -0.05) is 12.1 Å². The Bertz CT molecular complexity index is 645. The van der Waals surface area contributed by atoms with E-state index >= 15 is 0 Å². The van der Waals surface area contributed by atoms with Crippen molar-refractivity contribution in [1.82, 2.24) is 0 Å². The number of amides is 1. The first-order chi connectivity index (χ1) is 9.51. The monoisotopic (exact) mass is 275 g/mol. The number of hydrogen-bond donors (Lipinski definition) is 1. The van der Waals surface area contributed by atoms with Gasteiger partial charge in [-0.25, -0.2) is 0 Å². The summed E-state index contributed by atoms with van der Waals surface area (Å²) in [5, 5.41) is 2.53.